The number of benzene rings is 1. The Hall–Kier alpha value is -1.02. The van der Waals surface area contributed by atoms with Gasteiger partial charge in [-0.2, -0.15) is 0 Å². The van der Waals surface area contributed by atoms with Crippen LogP contribution in [0.2, 0.25) is 0 Å². The van der Waals surface area contributed by atoms with Crippen molar-refractivity contribution in [2.45, 2.75) is 32.2 Å². The maximum atomic E-state index is 5.88. The van der Waals surface area contributed by atoms with E-state index >= 15 is 0 Å². The maximum Gasteiger partial charge on any atom is 0.119 e. The Morgan fingerprint density at radius 2 is 2.07 bits per heavy atom. The molecule has 1 saturated carbocycles. The van der Waals surface area contributed by atoms with Crippen LogP contribution in [-0.2, 0) is 0 Å². The summed E-state index contributed by atoms with van der Waals surface area (Å²) in [6.07, 6.45) is 1.24. The molecule has 1 aliphatic carbocycles. The second kappa shape index (κ2) is 4.23. The number of hydrogen-bond donors (Lipinski definition) is 1. The molecule has 0 spiro atoms. The highest BCUT2D eigenvalue weighted by Gasteiger charge is 2.40. The van der Waals surface area contributed by atoms with Crippen LogP contribution in [0, 0.1) is 5.92 Å². The molecule has 3 atom stereocenters. The van der Waals surface area contributed by atoms with E-state index in [1.165, 1.54) is 12.0 Å². The first kappa shape index (κ1) is 10.5. The molecule has 2 nitrogen and oxygen atoms in total. The lowest BCUT2D eigenvalue weighted by Crippen LogP contribution is -2.17. The molecule has 0 radical (unpaired) electrons. The molecule has 1 aromatic rings. The van der Waals surface area contributed by atoms with Crippen LogP contribution >= 0.6 is 0 Å². The van der Waals surface area contributed by atoms with E-state index in [0.29, 0.717) is 17.9 Å². The molecular weight excluding hydrogens is 186 g/mol. The van der Waals surface area contributed by atoms with Gasteiger partial charge in [0.1, 0.15) is 5.75 Å². The molecule has 0 aliphatic heterocycles. The molecular formula is C13H19NO. The number of nitrogens with two attached hydrogens (primary N) is 1. The molecule has 1 fully saturated rings. The van der Waals surface area contributed by atoms with E-state index in [-0.39, 0.29) is 0 Å². The zero-order valence-electron chi connectivity index (χ0n) is 9.44. The molecule has 0 amide bonds. The first-order chi connectivity index (χ1) is 7.22. The van der Waals surface area contributed by atoms with Crippen LogP contribution in [0.4, 0.5) is 0 Å². The Kier molecular flexibility index (Phi) is 2.96. The summed E-state index contributed by atoms with van der Waals surface area (Å²) in [4.78, 5) is 0. The number of ether oxygens (including phenoxy) is 1. The smallest absolute Gasteiger partial charge is 0.119 e. The quantitative estimate of drug-likeness (QED) is 0.819. The SMILES string of the molecule is CCOc1ccc([C@H]2C[C@@H]2[C@@H](C)N)cc1. The van der Waals surface area contributed by atoms with Gasteiger partial charge in [-0.05, 0) is 49.8 Å². The Balaban J connectivity index is 2.00. The van der Waals surface area contributed by atoms with Crippen molar-refractivity contribution in [3.05, 3.63) is 29.8 Å². The van der Waals surface area contributed by atoms with Gasteiger partial charge in [0, 0.05) is 6.04 Å². The minimum Gasteiger partial charge on any atom is -0.494 e. The molecule has 1 aromatic carbocycles. The van der Waals surface area contributed by atoms with E-state index < -0.39 is 0 Å². The van der Waals surface area contributed by atoms with Crippen molar-refractivity contribution in [3.8, 4) is 5.75 Å². The highest BCUT2D eigenvalue weighted by atomic mass is 16.5. The molecule has 0 saturated heterocycles. The largest absolute Gasteiger partial charge is 0.494 e. The molecule has 0 aromatic heterocycles. The summed E-state index contributed by atoms with van der Waals surface area (Å²) in [6, 6.07) is 8.75. The normalized spacial score (nSPS) is 26.1. The predicted molar refractivity (Wildman–Crippen MR) is 62.1 cm³/mol. The summed E-state index contributed by atoms with van der Waals surface area (Å²) in [5.41, 5.74) is 7.28. The molecule has 2 heteroatoms. The summed E-state index contributed by atoms with van der Waals surface area (Å²) in [7, 11) is 0. The third kappa shape index (κ3) is 2.32. The van der Waals surface area contributed by atoms with Gasteiger partial charge in [0.2, 0.25) is 0 Å². The fourth-order valence-corrected chi connectivity index (χ4v) is 2.16. The zero-order chi connectivity index (χ0) is 10.8. The van der Waals surface area contributed by atoms with Crippen LogP contribution < -0.4 is 10.5 Å². The van der Waals surface area contributed by atoms with Crippen molar-refractivity contribution in [1.29, 1.82) is 0 Å². The monoisotopic (exact) mass is 205 g/mol. The van der Waals surface area contributed by atoms with Gasteiger partial charge in [0.25, 0.3) is 0 Å². The zero-order valence-corrected chi connectivity index (χ0v) is 9.44. The van der Waals surface area contributed by atoms with E-state index in [1.54, 1.807) is 0 Å². The molecule has 2 rings (SSSR count). The van der Waals surface area contributed by atoms with Crippen molar-refractivity contribution in [2.24, 2.45) is 11.7 Å². The van der Waals surface area contributed by atoms with Crippen molar-refractivity contribution in [2.75, 3.05) is 6.61 Å². The summed E-state index contributed by atoms with van der Waals surface area (Å²) in [5, 5.41) is 0. The van der Waals surface area contributed by atoms with Gasteiger partial charge >= 0.3 is 0 Å². The summed E-state index contributed by atoms with van der Waals surface area (Å²) < 4.78 is 5.41. The van der Waals surface area contributed by atoms with Crippen LogP contribution in [0.15, 0.2) is 24.3 Å². The fourth-order valence-electron chi connectivity index (χ4n) is 2.16. The standard InChI is InChI=1S/C13H19NO/c1-3-15-11-6-4-10(5-7-11)13-8-12(13)9(2)14/h4-7,9,12-13H,3,8,14H2,1-2H3/t9-,12-,13-/m1/s1. The molecule has 2 N–H and O–H groups in total. The van der Waals surface area contributed by atoms with Crippen LogP contribution in [0.3, 0.4) is 0 Å². The molecule has 0 bridgehead atoms. The lowest BCUT2D eigenvalue weighted by atomic mass is 10.1. The van der Waals surface area contributed by atoms with E-state index in [2.05, 4.69) is 31.2 Å². The predicted octanol–water partition coefficient (Wildman–Crippen LogP) is 2.54. The van der Waals surface area contributed by atoms with Crippen LogP contribution in [0.1, 0.15) is 31.7 Å². The van der Waals surface area contributed by atoms with Crippen molar-refractivity contribution >= 4 is 0 Å². The van der Waals surface area contributed by atoms with Crippen LogP contribution in [0.5, 0.6) is 5.75 Å². The summed E-state index contributed by atoms with van der Waals surface area (Å²) >= 11 is 0. The first-order valence-electron chi connectivity index (χ1n) is 5.70. The van der Waals surface area contributed by atoms with Crippen LogP contribution in [0.25, 0.3) is 0 Å². The maximum absolute atomic E-state index is 5.88. The van der Waals surface area contributed by atoms with Crippen molar-refractivity contribution in [3.63, 3.8) is 0 Å². The second-order valence-electron chi connectivity index (χ2n) is 4.37. The van der Waals surface area contributed by atoms with E-state index in [9.17, 15) is 0 Å². The fraction of sp³-hybridized carbons (Fsp3) is 0.538. The minimum absolute atomic E-state index is 0.321. The van der Waals surface area contributed by atoms with Gasteiger partial charge in [0.05, 0.1) is 6.61 Å². The molecule has 1 aliphatic rings. The van der Waals surface area contributed by atoms with Gasteiger partial charge in [-0.25, -0.2) is 0 Å². The summed E-state index contributed by atoms with van der Waals surface area (Å²) in [5.74, 6) is 2.32. The lowest BCUT2D eigenvalue weighted by Gasteiger charge is -2.06. The average Bonchev–Trinajstić information content (AvgIpc) is 2.99. The van der Waals surface area contributed by atoms with Gasteiger partial charge in [-0.15, -0.1) is 0 Å². The Labute approximate surface area is 91.4 Å². The van der Waals surface area contributed by atoms with Gasteiger partial charge in [-0.1, -0.05) is 12.1 Å². The van der Waals surface area contributed by atoms with E-state index in [1.807, 2.05) is 6.92 Å². The Morgan fingerprint density at radius 3 is 2.53 bits per heavy atom. The van der Waals surface area contributed by atoms with E-state index in [4.69, 9.17) is 10.5 Å². The highest BCUT2D eigenvalue weighted by Crippen LogP contribution is 2.49. The van der Waals surface area contributed by atoms with Crippen molar-refractivity contribution < 1.29 is 4.74 Å². The molecule has 0 heterocycles. The molecule has 0 unspecified atom stereocenters. The molecule has 82 valence electrons. The third-order valence-corrected chi connectivity index (χ3v) is 3.13. The highest BCUT2D eigenvalue weighted by molar-refractivity contribution is 5.33. The minimum atomic E-state index is 0.321. The number of rotatable bonds is 4. The summed E-state index contributed by atoms with van der Waals surface area (Å²) in [6.45, 7) is 4.82. The van der Waals surface area contributed by atoms with E-state index in [0.717, 1.165) is 12.4 Å². The van der Waals surface area contributed by atoms with Gasteiger partial charge in [0.15, 0.2) is 0 Å². The topological polar surface area (TPSA) is 35.2 Å². The van der Waals surface area contributed by atoms with Crippen molar-refractivity contribution in [1.82, 2.24) is 0 Å². The third-order valence-electron chi connectivity index (χ3n) is 3.13. The Morgan fingerprint density at radius 1 is 1.40 bits per heavy atom. The van der Waals surface area contributed by atoms with Gasteiger partial charge < -0.3 is 10.5 Å². The average molecular weight is 205 g/mol. The Bertz CT molecular complexity index is 318. The first-order valence-corrected chi connectivity index (χ1v) is 5.70. The molecule has 15 heavy (non-hydrogen) atoms. The number of hydrogen-bond acceptors (Lipinski definition) is 2. The lowest BCUT2D eigenvalue weighted by molar-refractivity contribution is 0.340. The van der Waals surface area contributed by atoms with Crippen LogP contribution in [-0.4, -0.2) is 12.6 Å². The van der Waals surface area contributed by atoms with Gasteiger partial charge in [-0.3, -0.25) is 0 Å². The second-order valence-corrected chi connectivity index (χ2v) is 4.37.